The SMILES string of the molecule is CN(C)CCn1nnnc1Sc1ccnc2nc(SCc3ccc(Br)cc3)nn12.Cl. The Morgan fingerprint density at radius 1 is 1.13 bits per heavy atom. The third kappa shape index (κ3) is 5.70. The van der Waals surface area contributed by atoms with Crippen molar-refractivity contribution in [3.8, 4) is 0 Å². The Kier molecular flexibility index (Phi) is 8.06. The van der Waals surface area contributed by atoms with Gasteiger partial charge in [0.25, 0.3) is 5.78 Å². The molecule has 0 radical (unpaired) electrons. The van der Waals surface area contributed by atoms with Gasteiger partial charge >= 0.3 is 0 Å². The molecule has 13 heteroatoms. The van der Waals surface area contributed by atoms with Crippen LogP contribution in [-0.4, -0.2) is 65.3 Å². The molecule has 0 aliphatic rings. The lowest BCUT2D eigenvalue weighted by Crippen LogP contribution is -2.19. The largest absolute Gasteiger partial charge is 0.308 e. The smallest absolute Gasteiger partial charge is 0.254 e. The predicted octanol–water partition coefficient (Wildman–Crippen LogP) is 3.30. The Hall–Kier alpha value is -1.73. The van der Waals surface area contributed by atoms with E-state index in [-0.39, 0.29) is 12.4 Å². The van der Waals surface area contributed by atoms with E-state index in [9.17, 15) is 0 Å². The van der Waals surface area contributed by atoms with Gasteiger partial charge in [0.05, 0.1) is 6.54 Å². The molecule has 0 aliphatic heterocycles. The molecule has 4 rings (SSSR count). The van der Waals surface area contributed by atoms with Crippen molar-refractivity contribution < 1.29 is 0 Å². The minimum atomic E-state index is 0. The minimum Gasteiger partial charge on any atom is -0.308 e. The number of benzene rings is 1. The minimum absolute atomic E-state index is 0. The Balaban J connectivity index is 0.00000256. The van der Waals surface area contributed by atoms with Gasteiger partial charge < -0.3 is 4.90 Å². The first-order chi connectivity index (χ1) is 14.1. The van der Waals surface area contributed by atoms with Crippen molar-refractivity contribution in [3.63, 3.8) is 0 Å². The molecule has 0 amide bonds. The standard InChI is InChI=1S/C17H18BrN9S2.ClH/c1-25(2)9-10-26-17(21-23-24-26)29-14-7-8-19-15-20-16(22-27(14)15)28-11-12-3-5-13(18)6-4-12;/h3-8H,9-11H2,1-2H3;1H. The van der Waals surface area contributed by atoms with Crippen LogP contribution >= 0.6 is 51.9 Å². The second kappa shape index (κ2) is 10.5. The third-order valence-electron chi connectivity index (χ3n) is 3.92. The summed E-state index contributed by atoms with van der Waals surface area (Å²) in [7, 11) is 4.04. The van der Waals surface area contributed by atoms with E-state index < -0.39 is 0 Å². The van der Waals surface area contributed by atoms with Crippen molar-refractivity contribution in [1.82, 2.24) is 44.7 Å². The van der Waals surface area contributed by atoms with Crippen LogP contribution in [0, 0.1) is 0 Å². The van der Waals surface area contributed by atoms with E-state index in [0.29, 0.717) is 22.6 Å². The van der Waals surface area contributed by atoms with Crippen LogP contribution in [0.2, 0.25) is 0 Å². The van der Waals surface area contributed by atoms with E-state index in [1.165, 1.54) is 17.3 Å². The highest BCUT2D eigenvalue weighted by Crippen LogP contribution is 2.27. The fourth-order valence-electron chi connectivity index (χ4n) is 2.42. The number of likely N-dealkylation sites (N-methyl/N-ethyl adjacent to an activating group) is 1. The van der Waals surface area contributed by atoms with Crippen molar-refractivity contribution >= 4 is 57.6 Å². The van der Waals surface area contributed by atoms with Gasteiger partial charge in [-0.1, -0.05) is 39.8 Å². The van der Waals surface area contributed by atoms with Gasteiger partial charge in [0.15, 0.2) is 0 Å². The predicted molar refractivity (Wildman–Crippen MR) is 122 cm³/mol. The zero-order chi connectivity index (χ0) is 20.2. The Labute approximate surface area is 196 Å². The van der Waals surface area contributed by atoms with E-state index in [1.54, 1.807) is 27.2 Å². The topological polar surface area (TPSA) is 89.9 Å². The van der Waals surface area contributed by atoms with Crippen molar-refractivity contribution in [3.05, 3.63) is 46.6 Å². The highest BCUT2D eigenvalue weighted by molar-refractivity contribution is 9.10. The molecule has 0 saturated carbocycles. The maximum atomic E-state index is 4.62. The van der Waals surface area contributed by atoms with Crippen molar-refractivity contribution in [2.45, 2.75) is 27.6 Å². The molecule has 0 N–H and O–H groups in total. The van der Waals surface area contributed by atoms with Crippen LogP contribution in [0.3, 0.4) is 0 Å². The van der Waals surface area contributed by atoms with Crippen LogP contribution in [0.5, 0.6) is 0 Å². The average molecular weight is 529 g/mol. The molecule has 0 unspecified atom stereocenters. The summed E-state index contributed by atoms with van der Waals surface area (Å²) in [6, 6.07) is 10.1. The van der Waals surface area contributed by atoms with Crippen LogP contribution < -0.4 is 0 Å². The second-order valence-electron chi connectivity index (χ2n) is 6.39. The molecule has 0 aliphatic carbocycles. The summed E-state index contributed by atoms with van der Waals surface area (Å²) >= 11 is 6.48. The number of thioether (sulfide) groups is 1. The Morgan fingerprint density at radius 2 is 1.93 bits per heavy atom. The van der Waals surface area contributed by atoms with Gasteiger partial charge in [-0.25, -0.2) is 9.67 Å². The van der Waals surface area contributed by atoms with Gasteiger partial charge in [-0.15, -0.1) is 22.6 Å². The lowest BCUT2D eigenvalue weighted by Gasteiger charge is -2.09. The highest BCUT2D eigenvalue weighted by Gasteiger charge is 2.14. The summed E-state index contributed by atoms with van der Waals surface area (Å²) in [6.07, 6.45) is 1.73. The molecule has 0 fully saturated rings. The van der Waals surface area contributed by atoms with Crippen LogP contribution in [0.25, 0.3) is 5.78 Å². The zero-order valence-electron chi connectivity index (χ0n) is 16.2. The molecule has 0 atom stereocenters. The molecule has 3 heterocycles. The first kappa shape index (κ1) is 22.9. The van der Waals surface area contributed by atoms with Gasteiger partial charge in [-0.3, -0.25) is 0 Å². The lowest BCUT2D eigenvalue weighted by atomic mass is 10.2. The number of hydrogen-bond donors (Lipinski definition) is 0. The normalized spacial score (nSPS) is 11.2. The molecule has 0 spiro atoms. The summed E-state index contributed by atoms with van der Waals surface area (Å²) in [4.78, 5) is 11.0. The van der Waals surface area contributed by atoms with Gasteiger partial charge in [-0.2, -0.15) is 9.50 Å². The molecule has 30 heavy (non-hydrogen) atoms. The first-order valence-corrected chi connectivity index (χ1v) is 11.4. The number of halogens is 2. The van der Waals surface area contributed by atoms with Gasteiger partial charge in [0.2, 0.25) is 10.3 Å². The summed E-state index contributed by atoms with van der Waals surface area (Å²) in [5, 5.41) is 18.9. The maximum absolute atomic E-state index is 4.62. The summed E-state index contributed by atoms with van der Waals surface area (Å²) in [6.45, 7) is 1.56. The lowest BCUT2D eigenvalue weighted by molar-refractivity contribution is 0.361. The Morgan fingerprint density at radius 3 is 2.70 bits per heavy atom. The second-order valence-corrected chi connectivity index (χ2v) is 9.24. The number of rotatable bonds is 8. The summed E-state index contributed by atoms with van der Waals surface area (Å²) < 4.78 is 4.59. The van der Waals surface area contributed by atoms with E-state index in [4.69, 9.17) is 0 Å². The van der Waals surface area contributed by atoms with Crippen LogP contribution in [0.4, 0.5) is 0 Å². The summed E-state index contributed by atoms with van der Waals surface area (Å²) in [5.74, 6) is 1.34. The van der Waals surface area contributed by atoms with Gasteiger partial charge in [0.1, 0.15) is 5.03 Å². The molecule has 1 aromatic carbocycles. The zero-order valence-corrected chi connectivity index (χ0v) is 20.2. The molecule has 0 bridgehead atoms. The first-order valence-electron chi connectivity index (χ1n) is 8.76. The van der Waals surface area contributed by atoms with E-state index >= 15 is 0 Å². The Bertz CT molecular complexity index is 1100. The molecule has 3 aromatic heterocycles. The van der Waals surface area contributed by atoms with Crippen LogP contribution in [0.15, 0.2) is 56.3 Å². The van der Waals surface area contributed by atoms with Crippen molar-refractivity contribution in [2.24, 2.45) is 0 Å². The van der Waals surface area contributed by atoms with Crippen molar-refractivity contribution in [2.75, 3.05) is 20.6 Å². The summed E-state index contributed by atoms with van der Waals surface area (Å²) in [5.41, 5.74) is 1.21. The van der Waals surface area contributed by atoms with Gasteiger partial charge in [-0.05, 0) is 60.0 Å². The van der Waals surface area contributed by atoms with Gasteiger partial charge in [0, 0.05) is 23.0 Å². The molecular weight excluding hydrogens is 510 g/mol. The van der Waals surface area contributed by atoms with Crippen molar-refractivity contribution in [1.29, 1.82) is 0 Å². The number of tetrazole rings is 1. The van der Waals surface area contributed by atoms with E-state index in [1.807, 2.05) is 32.3 Å². The van der Waals surface area contributed by atoms with Crippen LogP contribution in [-0.2, 0) is 12.3 Å². The third-order valence-corrected chi connectivity index (χ3v) is 6.35. The fourth-order valence-corrected chi connectivity index (χ4v) is 4.29. The van der Waals surface area contributed by atoms with Crippen LogP contribution in [0.1, 0.15) is 5.56 Å². The number of fused-ring (bicyclic) bond motifs is 1. The average Bonchev–Trinajstić information content (AvgIpc) is 3.33. The van der Waals surface area contributed by atoms with E-state index in [0.717, 1.165) is 21.8 Å². The quantitative estimate of drug-likeness (QED) is 0.252. The molecule has 158 valence electrons. The number of aromatic nitrogens is 8. The number of hydrogen-bond acceptors (Lipinski definition) is 9. The molecular formula is C17H19BrClN9S2. The number of nitrogens with zero attached hydrogens (tertiary/aromatic N) is 9. The highest BCUT2D eigenvalue weighted by atomic mass is 79.9. The molecule has 4 aromatic rings. The fraction of sp³-hybridized carbons (Fsp3) is 0.294. The monoisotopic (exact) mass is 527 g/mol. The van der Waals surface area contributed by atoms with E-state index in [2.05, 4.69) is 63.6 Å². The maximum Gasteiger partial charge on any atom is 0.254 e. The molecule has 0 saturated heterocycles. The molecule has 9 nitrogen and oxygen atoms in total.